The summed E-state index contributed by atoms with van der Waals surface area (Å²) in [6, 6.07) is 5.90. The van der Waals surface area contributed by atoms with E-state index in [4.69, 9.17) is 9.47 Å². The van der Waals surface area contributed by atoms with Crippen molar-refractivity contribution in [3.05, 3.63) is 29.3 Å². The highest BCUT2D eigenvalue weighted by atomic mass is 16.6. The first-order valence-electron chi connectivity index (χ1n) is 5.99. The Morgan fingerprint density at radius 3 is 2.53 bits per heavy atom. The molecular formula is C14H20O3. The van der Waals surface area contributed by atoms with Crippen molar-refractivity contribution < 1.29 is 14.3 Å². The first kappa shape index (κ1) is 13.6. The largest absolute Gasteiger partial charge is 0.478 e. The second-order valence-corrected chi connectivity index (χ2v) is 4.04. The lowest BCUT2D eigenvalue weighted by Gasteiger charge is -2.17. The lowest BCUT2D eigenvalue weighted by Crippen LogP contribution is -2.28. The van der Waals surface area contributed by atoms with Crippen LogP contribution in [-0.2, 0) is 9.53 Å². The van der Waals surface area contributed by atoms with Crippen molar-refractivity contribution in [2.45, 2.75) is 40.2 Å². The summed E-state index contributed by atoms with van der Waals surface area (Å²) in [5.41, 5.74) is 2.21. The van der Waals surface area contributed by atoms with Crippen LogP contribution in [0, 0.1) is 13.8 Å². The van der Waals surface area contributed by atoms with E-state index in [0.29, 0.717) is 13.0 Å². The molecule has 1 atom stereocenters. The molecule has 3 nitrogen and oxygen atoms in total. The smallest absolute Gasteiger partial charge is 0.347 e. The molecular weight excluding hydrogens is 216 g/mol. The fraction of sp³-hybridized carbons (Fsp3) is 0.500. The average Bonchev–Trinajstić information content (AvgIpc) is 2.28. The Labute approximate surface area is 103 Å². The Morgan fingerprint density at radius 2 is 2.00 bits per heavy atom. The molecule has 1 aromatic carbocycles. The van der Waals surface area contributed by atoms with Crippen LogP contribution in [0.4, 0.5) is 0 Å². The van der Waals surface area contributed by atoms with Crippen LogP contribution >= 0.6 is 0 Å². The van der Waals surface area contributed by atoms with E-state index >= 15 is 0 Å². The van der Waals surface area contributed by atoms with Gasteiger partial charge in [0.05, 0.1) is 6.61 Å². The third kappa shape index (κ3) is 3.77. The molecule has 0 saturated heterocycles. The van der Waals surface area contributed by atoms with Gasteiger partial charge in [-0.2, -0.15) is 0 Å². The van der Waals surface area contributed by atoms with Gasteiger partial charge in [-0.3, -0.25) is 0 Å². The van der Waals surface area contributed by atoms with E-state index in [1.807, 2.05) is 39.0 Å². The van der Waals surface area contributed by atoms with Gasteiger partial charge in [-0.15, -0.1) is 0 Å². The molecule has 17 heavy (non-hydrogen) atoms. The molecule has 0 N–H and O–H groups in total. The lowest BCUT2D eigenvalue weighted by atomic mass is 10.1. The summed E-state index contributed by atoms with van der Waals surface area (Å²) in [5.74, 6) is 0.450. The molecule has 1 aromatic rings. The zero-order valence-corrected chi connectivity index (χ0v) is 10.9. The predicted molar refractivity (Wildman–Crippen MR) is 67.3 cm³/mol. The van der Waals surface area contributed by atoms with Crippen LogP contribution in [-0.4, -0.2) is 18.7 Å². The predicted octanol–water partition coefficient (Wildman–Crippen LogP) is 3.02. The summed E-state index contributed by atoms with van der Waals surface area (Å²) < 4.78 is 10.7. The molecule has 0 saturated carbocycles. The minimum atomic E-state index is -0.517. The number of aryl methyl sites for hydroxylation is 2. The van der Waals surface area contributed by atoms with Crippen molar-refractivity contribution in [1.82, 2.24) is 0 Å². The molecule has 0 spiro atoms. The number of benzene rings is 1. The first-order valence-corrected chi connectivity index (χ1v) is 5.99. The van der Waals surface area contributed by atoms with Crippen LogP contribution in [0.3, 0.4) is 0 Å². The van der Waals surface area contributed by atoms with Crippen molar-refractivity contribution in [3.63, 3.8) is 0 Å². The zero-order chi connectivity index (χ0) is 12.8. The monoisotopic (exact) mass is 236 g/mol. The molecule has 1 rings (SSSR count). The molecule has 0 amide bonds. The first-order chi connectivity index (χ1) is 8.08. The Bertz CT molecular complexity index is 385. The van der Waals surface area contributed by atoms with Crippen LogP contribution in [0.15, 0.2) is 18.2 Å². The van der Waals surface area contributed by atoms with Crippen molar-refractivity contribution in [3.8, 4) is 5.75 Å². The normalized spacial score (nSPS) is 12.0. The van der Waals surface area contributed by atoms with E-state index < -0.39 is 6.10 Å². The van der Waals surface area contributed by atoms with E-state index in [-0.39, 0.29) is 5.97 Å². The number of ether oxygens (including phenoxy) is 2. The summed E-state index contributed by atoms with van der Waals surface area (Å²) in [4.78, 5) is 11.6. The number of carbonyl (C=O) groups excluding carboxylic acids is 1. The van der Waals surface area contributed by atoms with Crippen LogP contribution in [0.25, 0.3) is 0 Å². The van der Waals surface area contributed by atoms with Crippen molar-refractivity contribution in [1.29, 1.82) is 0 Å². The summed E-state index contributed by atoms with van der Waals surface area (Å²) in [7, 11) is 0. The maximum Gasteiger partial charge on any atom is 0.347 e. The van der Waals surface area contributed by atoms with E-state index in [2.05, 4.69) is 0 Å². The Morgan fingerprint density at radius 1 is 1.29 bits per heavy atom. The molecule has 94 valence electrons. The SMILES string of the molecule is CCOC(=O)C(CC)Oc1ccc(C)cc1C. The van der Waals surface area contributed by atoms with Gasteiger partial charge in [0.15, 0.2) is 6.10 Å². The van der Waals surface area contributed by atoms with Crippen molar-refractivity contribution in [2.24, 2.45) is 0 Å². The second kappa shape index (κ2) is 6.28. The minimum Gasteiger partial charge on any atom is -0.478 e. The lowest BCUT2D eigenvalue weighted by molar-refractivity contribution is -0.151. The van der Waals surface area contributed by atoms with Gasteiger partial charge in [-0.05, 0) is 38.8 Å². The molecule has 0 aromatic heterocycles. The molecule has 0 radical (unpaired) electrons. The summed E-state index contributed by atoms with van der Waals surface area (Å²) in [6.07, 6.45) is 0.0861. The van der Waals surface area contributed by atoms with Crippen LogP contribution < -0.4 is 4.74 Å². The number of hydrogen-bond acceptors (Lipinski definition) is 3. The van der Waals surface area contributed by atoms with Gasteiger partial charge in [0.1, 0.15) is 5.75 Å². The molecule has 0 aliphatic rings. The molecule has 0 aliphatic heterocycles. The van der Waals surface area contributed by atoms with Crippen LogP contribution in [0.1, 0.15) is 31.4 Å². The highest BCUT2D eigenvalue weighted by molar-refractivity contribution is 5.75. The van der Waals surface area contributed by atoms with Gasteiger partial charge < -0.3 is 9.47 Å². The Balaban J connectivity index is 2.77. The van der Waals surface area contributed by atoms with E-state index in [1.54, 1.807) is 6.92 Å². The molecule has 0 aliphatic carbocycles. The number of esters is 1. The average molecular weight is 236 g/mol. The number of hydrogen-bond donors (Lipinski definition) is 0. The Kier molecular flexibility index (Phi) is 5.01. The third-order valence-electron chi connectivity index (χ3n) is 2.52. The van der Waals surface area contributed by atoms with E-state index in [9.17, 15) is 4.79 Å². The highest BCUT2D eigenvalue weighted by Gasteiger charge is 2.20. The summed E-state index contributed by atoms with van der Waals surface area (Å²) >= 11 is 0. The molecule has 0 bridgehead atoms. The van der Waals surface area contributed by atoms with Gasteiger partial charge in [-0.1, -0.05) is 24.6 Å². The maximum atomic E-state index is 11.6. The standard InChI is InChI=1S/C14H20O3/c1-5-12(14(15)16-6-2)17-13-8-7-10(3)9-11(13)4/h7-9,12H,5-6H2,1-4H3. The minimum absolute atomic E-state index is 0.296. The van der Waals surface area contributed by atoms with Gasteiger partial charge in [0.2, 0.25) is 0 Å². The number of rotatable bonds is 5. The fourth-order valence-electron chi connectivity index (χ4n) is 1.62. The number of carbonyl (C=O) groups is 1. The van der Waals surface area contributed by atoms with Gasteiger partial charge in [-0.25, -0.2) is 4.79 Å². The third-order valence-corrected chi connectivity index (χ3v) is 2.52. The van der Waals surface area contributed by atoms with Crippen LogP contribution in [0.5, 0.6) is 5.75 Å². The molecule has 1 unspecified atom stereocenters. The van der Waals surface area contributed by atoms with E-state index in [0.717, 1.165) is 11.3 Å². The molecule has 3 heteroatoms. The zero-order valence-electron chi connectivity index (χ0n) is 10.9. The van der Waals surface area contributed by atoms with E-state index in [1.165, 1.54) is 5.56 Å². The van der Waals surface area contributed by atoms with Gasteiger partial charge >= 0.3 is 5.97 Å². The summed E-state index contributed by atoms with van der Waals surface area (Å²) in [6.45, 7) is 8.08. The topological polar surface area (TPSA) is 35.5 Å². The Hall–Kier alpha value is -1.51. The highest BCUT2D eigenvalue weighted by Crippen LogP contribution is 2.21. The summed E-state index contributed by atoms with van der Waals surface area (Å²) in [5, 5.41) is 0. The maximum absolute atomic E-state index is 11.6. The molecule has 0 fully saturated rings. The molecule has 0 heterocycles. The second-order valence-electron chi connectivity index (χ2n) is 4.04. The van der Waals surface area contributed by atoms with Crippen LogP contribution in [0.2, 0.25) is 0 Å². The quantitative estimate of drug-likeness (QED) is 0.737. The fourth-order valence-corrected chi connectivity index (χ4v) is 1.62. The van der Waals surface area contributed by atoms with Gasteiger partial charge in [0.25, 0.3) is 0 Å². The van der Waals surface area contributed by atoms with Crippen molar-refractivity contribution in [2.75, 3.05) is 6.61 Å². The van der Waals surface area contributed by atoms with Crippen molar-refractivity contribution >= 4 is 5.97 Å². The van der Waals surface area contributed by atoms with Gasteiger partial charge in [0, 0.05) is 0 Å².